The molecule has 1 N–H and O–H groups in total. The van der Waals surface area contributed by atoms with E-state index in [-0.39, 0.29) is 11.8 Å². The lowest BCUT2D eigenvalue weighted by Gasteiger charge is -2.08. The molecule has 0 unspecified atom stereocenters. The summed E-state index contributed by atoms with van der Waals surface area (Å²) in [6, 6.07) is 12.5. The van der Waals surface area contributed by atoms with Gasteiger partial charge in [-0.1, -0.05) is 19.9 Å². The quantitative estimate of drug-likeness (QED) is 0.654. The fourth-order valence-corrected chi connectivity index (χ4v) is 2.64. The van der Waals surface area contributed by atoms with Gasteiger partial charge in [0.25, 0.3) is 5.91 Å². The number of carbonyl (C=O) groups is 1. The van der Waals surface area contributed by atoms with Crippen molar-refractivity contribution in [1.82, 2.24) is 14.8 Å². The molecule has 0 bridgehead atoms. The van der Waals surface area contributed by atoms with Gasteiger partial charge in [0.15, 0.2) is 0 Å². The van der Waals surface area contributed by atoms with Crippen LogP contribution in [0.15, 0.2) is 48.7 Å². The molecule has 1 amide bonds. The number of hydrogen-bond acceptors (Lipinski definition) is 5. The minimum atomic E-state index is -0.218. The molecule has 0 aliphatic carbocycles. The predicted octanol–water partition coefficient (Wildman–Crippen LogP) is 4.47. The molecule has 7 nitrogen and oxygen atoms in total. The van der Waals surface area contributed by atoms with Crippen LogP contribution in [0.4, 0.5) is 5.69 Å². The number of anilines is 1. The number of methoxy groups -OCH3 is 1. The molecule has 0 spiro atoms. The highest BCUT2D eigenvalue weighted by atomic mass is 16.5. The van der Waals surface area contributed by atoms with E-state index < -0.39 is 0 Å². The number of amides is 1. The molecule has 0 atom stereocenters. The first-order valence-electron chi connectivity index (χ1n) is 9.17. The number of hydrogen-bond donors (Lipinski definition) is 1. The average molecular weight is 380 g/mol. The van der Waals surface area contributed by atoms with Crippen LogP contribution in [0.3, 0.4) is 0 Å². The van der Waals surface area contributed by atoms with Crippen LogP contribution >= 0.6 is 0 Å². The van der Waals surface area contributed by atoms with Crippen molar-refractivity contribution in [2.24, 2.45) is 0 Å². The molecule has 2 aromatic heterocycles. The molecule has 3 aromatic rings. The van der Waals surface area contributed by atoms with E-state index in [1.54, 1.807) is 36.2 Å². The third kappa shape index (κ3) is 4.49. The first-order chi connectivity index (χ1) is 13.5. The molecule has 146 valence electrons. The van der Waals surface area contributed by atoms with Crippen molar-refractivity contribution in [2.45, 2.75) is 33.2 Å². The van der Waals surface area contributed by atoms with Crippen molar-refractivity contribution >= 4 is 11.6 Å². The van der Waals surface area contributed by atoms with Gasteiger partial charge in [-0.05, 0) is 37.1 Å². The number of carbonyl (C=O) groups excluding carboxylic acids is 1. The lowest BCUT2D eigenvalue weighted by molar-refractivity contribution is 0.101. The van der Waals surface area contributed by atoms with Crippen molar-refractivity contribution in [1.29, 1.82) is 0 Å². The summed E-state index contributed by atoms with van der Waals surface area (Å²) in [5, 5.41) is 7.33. The van der Waals surface area contributed by atoms with Crippen LogP contribution in [0.25, 0.3) is 0 Å². The first kappa shape index (κ1) is 19.4. The molecule has 0 saturated carbocycles. The third-order valence-electron chi connectivity index (χ3n) is 4.18. The van der Waals surface area contributed by atoms with Crippen molar-refractivity contribution in [2.75, 3.05) is 12.4 Å². The Morgan fingerprint density at radius 2 is 1.96 bits per heavy atom. The van der Waals surface area contributed by atoms with Crippen LogP contribution in [0.5, 0.6) is 17.4 Å². The average Bonchev–Trinajstić information content (AvgIpc) is 3.15. The van der Waals surface area contributed by atoms with E-state index in [9.17, 15) is 4.79 Å². The number of rotatable bonds is 7. The van der Waals surface area contributed by atoms with Gasteiger partial charge in [0.05, 0.1) is 24.7 Å². The second kappa shape index (κ2) is 8.56. The van der Waals surface area contributed by atoms with E-state index in [4.69, 9.17) is 9.47 Å². The van der Waals surface area contributed by atoms with Crippen molar-refractivity contribution in [3.8, 4) is 17.4 Å². The van der Waals surface area contributed by atoms with Crippen molar-refractivity contribution in [3.05, 3.63) is 60.0 Å². The van der Waals surface area contributed by atoms with Crippen LogP contribution in [-0.4, -0.2) is 27.8 Å². The van der Waals surface area contributed by atoms with E-state index in [1.807, 2.05) is 31.2 Å². The number of aromatic nitrogens is 3. The largest absolute Gasteiger partial charge is 0.497 e. The van der Waals surface area contributed by atoms with E-state index in [1.165, 1.54) is 0 Å². The topological polar surface area (TPSA) is 78.3 Å². The fraction of sp³-hybridized carbons (Fsp3) is 0.286. The van der Waals surface area contributed by atoms with Crippen LogP contribution in [0.2, 0.25) is 0 Å². The lowest BCUT2D eigenvalue weighted by atomic mass is 10.1. The van der Waals surface area contributed by atoms with Gasteiger partial charge in [-0.2, -0.15) is 5.10 Å². The van der Waals surface area contributed by atoms with Gasteiger partial charge in [-0.15, -0.1) is 0 Å². The van der Waals surface area contributed by atoms with Gasteiger partial charge in [0.2, 0.25) is 5.88 Å². The van der Waals surface area contributed by atoms with Crippen LogP contribution in [0.1, 0.15) is 42.9 Å². The zero-order chi connectivity index (χ0) is 20.1. The second-order valence-corrected chi connectivity index (χ2v) is 6.55. The van der Waals surface area contributed by atoms with Crippen molar-refractivity contribution in [3.63, 3.8) is 0 Å². The molecule has 1 aromatic carbocycles. The van der Waals surface area contributed by atoms with E-state index in [0.29, 0.717) is 35.3 Å². The highest BCUT2D eigenvalue weighted by Gasteiger charge is 2.16. The lowest BCUT2D eigenvalue weighted by Crippen LogP contribution is -2.17. The number of ether oxygens (including phenoxy) is 2. The molecule has 0 aliphatic heterocycles. The molecule has 0 saturated heterocycles. The summed E-state index contributed by atoms with van der Waals surface area (Å²) in [4.78, 5) is 16.9. The fourth-order valence-electron chi connectivity index (χ4n) is 2.64. The number of nitrogens with zero attached hydrogens (tertiary/aromatic N) is 3. The van der Waals surface area contributed by atoms with E-state index >= 15 is 0 Å². The zero-order valence-electron chi connectivity index (χ0n) is 16.5. The molecule has 0 fully saturated rings. The molecular formula is C21H24N4O3. The summed E-state index contributed by atoms with van der Waals surface area (Å²) >= 11 is 0. The Hall–Kier alpha value is -3.35. The summed E-state index contributed by atoms with van der Waals surface area (Å²) in [7, 11) is 1.60. The maximum Gasteiger partial charge on any atom is 0.273 e. The molecule has 2 heterocycles. The van der Waals surface area contributed by atoms with Crippen LogP contribution in [0, 0.1) is 0 Å². The number of benzene rings is 1. The Kier molecular flexibility index (Phi) is 5.93. The minimum Gasteiger partial charge on any atom is -0.497 e. The Labute approximate surface area is 164 Å². The van der Waals surface area contributed by atoms with Gasteiger partial charge in [-0.3, -0.25) is 9.48 Å². The smallest absolute Gasteiger partial charge is 0.273 e. The summed E-state index contributed by atoms with van der Waals surface area (Å²) < 4.78 is 12.6. The monoisotopic (exact) mass is 380 g/mol. The van der Waals surface area contributed by atoms with Crippen LogP contribution in [-0.2, 0) is 6.54 Å². The van der Waals surface area contributed by atoms with Gasteiger partial charge in [0.1, 0.15) is 17.2 Å². The highest BCUT2D eigenvalue weighted by molar-refractivity contribution is 6.03. The highest BCUT2D eigenvalue weighted by Crippen LogP contribution is 2.24. The molecule has 0 aliphatic rings. The standard InChI is InChI=1S/C21H24N4O3/c1-5-25-19(12-18(24-25)14(2)3)21(26)23-15-9-10-20(22-13-15)28-17-8-6-7-16(11-17)27-4/h6-14H,5H2,1-4H3,(H,23,26). The summed E-state index contributed by atoms with van der Waals surface area (Å²) in [5.41, 5.74) is 2.01. The zero-order valence-corrected chi connectivity index (χ0v) is 16.5. The predicted molar refractivity (Wildman–Crippen MR) is 107 cm³/mol. The van der Waals surface area contributed by atoms with Gasteiger partial charge in [-0.25, -0.2) is 4.98 Å². The SMILES string of the molecule is CCn1nc(C(C)C)cc1C(=O)Nc1ccc(Oc2cccc(OC)c2)nc1. The molecule has 7 heteroatoms. The summed E-state index contributed by atoms with van der Waals surface area (Å²) in [6.07, 6.45) is 1.56. The Bertz CT molecular complexity index is 949. The first-order valence-corrected chi connectivity index (χ1v) is 9.17. The van der Waals surface area contributed by atoms with Gasteiger partial charge in [0, 0.05) is 18.7 Å². The molecule has 0 radical (unpaired) electrons. The number of aryl methyl sites for hydroxylation is 1. The normalized spacial score (nSPS) is 10.8. The maximum absolute atomic E-state index is 12.6. The second-order valence-electron chi connectivity index (χ2n) is 6.55. The maximum atomic E-state index is 12.6. The van der Waals surface area contributed by atoms with E-state index in [2.05, 4.69) is 29.2 Å². The van der Waals surface area contributed by atoms with Crippen molar-refractivity contribution < 1.29 is 14.3 Å². The number of pyridine rings is 1. The Morgan fingerprint density at radius 3 is 2.61 bits per heavy atom. The minimum absolute atomic E-state index is 0.218. The van der Waals surface area contributed by atoms with Gasteiger partial charge >= 0.3 is 0 Å². The third-order valence-corrected chi connectivity index (χ3v) is 4.18. The summed E-state index contributed by atoms with van der Waals surface area (Å²) in [5.74, 6) is 1.79. The van der Waals surface area contributed by atoms with E-state index in [0.717, 1.165) is 5.69 Å². The Morgan fingerprint density at radius 1 is 1.18 bits per heavy atom. The summed E-state index contributed by atoms with van der Waals surface area (Å²) in [6.45, 7) is 6.69. The van der Waals surface area contributed by atoms with Gasteiger partial charge < -0.3 is 14.8 Å². The van der Waals surface area contributed by atoms with Crippen LogP contribution < -0.4 is 14.8 Å². The Balaban J connectivity index is 1.69. The molecule has 3 rings (SSSR count). The number of nitrogens with one attached hydrogen (secondary N) is 1. The molecular weight excluding hydrogens is 356 g/mol. The molecule has 28 heavy (non-hydrogen) atoms.